The SMILES string of the molecule is O=C1OCC2C1CC(Cl)C2O. The third-order valence-corrected chi connectivity index (χ3v) is 2.96. The summed E-state index contributed by atoms with van der Waals surface area (Å²) in [5.41, 5.74) is 0. The fraction of sp³-hybridized carbons (Fsp3) is 0.857. The minimum atomic E-state index is -0.562. The van der Waals surface area contributed by atoms with Crippen molar-refractivity contribution in [3.05, 3.63) is 0 Å². The van der Waals surface area contributed by atoms with E-state index in [4.69, 9.17) is 16.3 Å². The molecule has 11 heavy (non-hydrogen) atoms. The van der Waals surface area contributed by atoms with Crippen LogP contribution < -0.4 is 0 Å². The molecular formula is C7H9ClO3. The Labute approximate surface area is 69.3 Å². The van der Waals surface area contributed by atoms with Crippen molar-refractivity contribution in [3.63, 3.8) is 0 Å². The molecule has 0 radical (unpaired) electrons. The van der Waals surface area contributed by atoms with Gasteiger partial charge in [0.2, 0.25) is 0 Å². The third kappa shape index (κ3) is 0.948. The van der Waals surface area contributed by atoms with Crippen molar-refractivity contribution in [2.24, 2.45) is 11.8 Å². The maximum absolute atomic E-state index is 11.0. The molecule has 0 aromatic heterocycles. The van der Waals surface area contributed by atoms with E-state index in [-0.39, 0.29) is 23.2 Å². The van der Waals surface area contributed by atoms with E-state index < -0.39 is 6.10 Å². The Morgan fingerprint density at radius 1 is 1.64 bits per heavy atom. The number of carbonyl (C=O) groups excluding carboxylic acids is 1. The fourth-order valence-corrected chi connectivity index (χ4v) is 2.21. The first-order valence-electron chi connectivity index (χ1n) is 3.69. The van der Waals surface area contributed by atoms with Gasteiger partial charge in [-0.3, -0.25) is 4.79 Å². The van der Waals surface area contributed by atoms with Crippen LogP contribution in [0.5, 0.6) is 0 Å². The summed E-state index contributed by atoms with van der Waals surface area (Å²) < 4.78 is 4.78. The van der Waals surface area contributed by atoms with Crippen LogP contribution in [-0.4, -0.2) is 29.2 Å². The minimum absolute atomic E-state index is 0.0509. The lowest BCUT2D eigenvalue weighted by atomic mass is 9.99. The van der Waals surface area contributed by atoms with Gasteiger partial charge in [0.25, 0.3) is 0 Å². The molecule has 0 spiro atoms. The van der Waals surface area contributed by atoms with Gasteiger partial charge >= 0.3 is 5.97 Å². The average Bonchev–Trinajstić information content (AvgIpc) is 2.43. The molecule has 1 aliphatic carbocycles. The van der Waals surface area contributed by atoms with Crippen LogP contribution in [0.3, 0.4) is 0 Å². The van der Waals surface area contributed by atoms with E-state index >= 15 is 0 Å². The summed E-state index contributed by atoms with van der Waals surface area (Å²) in [4.78, 5) is 11.0. The molecule has 0 aromatic rings. The molecule has 0 bridgehead atoms. The monoisotopic (exact) mass is 176 g/mol. The first kappa shape index (κ1) is 7.37. The van der Waals surface area contributed by atoms with Gasteiger partial charge in [0, 0.05) is 5.92 Å². The van der Waals surface area contributed by atoms with Crippen LogP contribution in [-0.2, 0) is 9.53 Å². The van der Waals surface area contributed by atoms with Crippen molar-refractivity contribution in [2.45, 2.75) is 17.9 Å². The number of fused-ring (bicyclic) bond motifs is 1. The number of hydrogen-bond donors (Lipinski definition) is 1. The minimum Gasteiger partial charge on any atom is -0.465 e. The molecule has 1 N–H and O–H groups in total. The summed E-state index contributed by atoms with van der Waals surface area (Å²) in [5, 5.41) is 9.16. The lowest BCUT2D eigenvalue weighted by Gasteiger charge is -2.10. The summed E-state index contributed by atoms with van der Waals surface area (Å²) in [6.07, 6.45) is -0.000201. The highest BCUT2D eigenvalue weighted by molar-refractivity contribution is 6.21. The van der Waals surface area contributed by atoms with Gasteiger partial charge in [0.15, 0.2) is 0 Å². The maximum atomic E-state index is 11.0. The molecule has 0 amide bonds. The van der Waals surface area contributed by atoms with Gasteiger partial charge in [-0.2, -0.15) is 0 Å². The largest absolute Gasteiger partial charge is 0.465 e. The number of rotatable bonds is 0. The number of cyclic esters (lactones) is 1. The highest BCUT2D eigenvalue weighted by Gasteiger charge is 2.50. The molecule has 1 saturated carbocycles. The van der Waals surface area contributed by atoms with Crippen LogP contribution in [0.15, 0.2) is 0 Å². The third-order valence-electron chi connectivity index (χ3n) is 2.53. The lowest BCUT2D eigenvalue weighted by molar-refractivity contribution is -0.141. The standard InChI is InChI=1S/C7H9ClO3/c8-5-1-3-4(6(5)9)2-11-7(3)10/h3-6,9H,1-2H2. The molecule has 1 heterocycles. The van der Waals surface area contributed by atoms with Gasteiger partial charge in [-0.1, -0.05) is 0 Å². The van der Waals surface area contributed by atoms with E-state index in [0.717, 1.165) is 0 Å². The highest BCUT2D eigenvalue weighted by Crippen LogP contribution is 2.40. The molecule has 1 saturated heterocycles. The zero-order chi connectivity index (χ0) is 8.01. The molecule has 4 heteroatoms. The fourth-order valence-electron chi connectivity index (χ4n) is 1.83. The van der Waals surface area contributed by atoms with E-state index in [1.165, 1.54) is 0 Å². The molecule has 4 atom stereocenters. The lowest BCUT2D eigenvalue weighted by Crippen LogP contribution is -2.23. The molecule has 3 nitrogen and oxygen atoms in total. The quantitative estimate of drug-likeness (QED) is 0.422. The highest BCUT2D eigenvalue weighted by atomic mass is 35.5. The average molecular weight is 177 g/mol. The molecule has 2 fully saturated rings. The number of hydrogen-bond acceptors (Lipinski definition) is 3. The van der Waals surface area contributed by atoms with Crippen molar-refractivity contribution < 1.29 is 14.6 Å². The zero-order valence-corrected chi connectivity index (χ0v) is 6.62. The van der Waals surface area contributed by atoms with E-state index in [1.807, 2.05) is 0 Å². The van der Waals surface area contributed by atoms with Gasteiger partial charge in [-0.15, -0.1) is 11.6 Å². The van der Waals surface area contributed by atoms with Gasteiger partial charge in [0.1, 0.15) is 0 Å². The van der Waals surface area contributed by atoms with E-state index in [2.05, 4.69) is 0 Å². The predicted molar refractivity (Wildman–Crippen MR) is 38.2 cm³/mol. The topological polar surface area (TPSA) is 46.5 Å². The number of halogens is 1. The predicted octanol–water partition coefficient (Wildman–Crippen LogP) is 0.148. The van der Waals surface area contributed by atoms with Crippen LogP contribution in [0.1, 0.15) is 6.42 Å². The second-order valence-corrected chi connectivity index (χ2v) is 3.70. The van der Waals surface area contributed by atoms with E-state index in [9.17, 15) is 9.90 Å². The number of esters is 1. The van der Waals surface area contributed by atoms with Crippen molar-refractivity contribution in [1.29, 1.82) is 0 Å². The van der Waals surface area contributed by atoms with Crippen LogP contribution in [0.25, 0.3) is 0 Å². The normalized spacial score (nSPS) is 49.1. The van der Waals surface area contributed by atoms with Crippen LogP contribution in [0.2, 0.25) is 0 Å². The Hall–Kier alpha value is -0.280. The van der Waals surface area contributed by atoms with Crippen LogP contribution in [0, 0.1) is 11.8 Å². The summed E-state index contributed by atoms with van der Waals surface area (Å²) in [5.74, 6) is -0.394. The van der Waals surface area contributed by atoms with Crippen LogP contribution >= 0.6 is 11.6 Å². The van der Waals surface area contributed by atoms with Gasteiger partial charge in [-0.05, 0) is 6.42 Å². The smallest absolute Gasteiger partial charge is 0.309 e. The van der Waals surface area contributed by atoms with E-state index in [0.29, 0.717) is 13.0 Å². The number of alkyl halides is 1. The van der Waals surface area contributed by atoms with Gasteiger partial charge in [-0.25, -0.2) is 0 Å². The molecule has 1 aliphatic heterocycles. The Bertz CT molecular complexity index is 194. The number of aliphatic hydroxyl groups is 1. The summed E-state index contributed by atoms with van der Waals surface area (Å²) in [6.45, 7) is 0.341. The second kappa shape index (κ2) is 2.35. The van der Waals surface area contributed by atoms with Crippen molar-refractivity contribution in [1.82, 2.24) is 0 Å². The summed E-state index contributed by atoms with van der Waals surface area (Å²) >= 11 is 5.77. The number of aliphatic hydroxyl groups excluding tert-OH is 1. The molecule has 4 unspecified atom stereocenters. The molecule has 62 valence electrons. The first-order chi connectivity index (χ1) is 5.20. The maximum Gasteiger partial charge on any atom is 0.309 e. The zero-order valence-electron chi connectivity index (χ0n) is 5.87. The molecular weight excluding hydrogens is 168 g/mol. The Kier molecular flexibility index (Phi) is 1.58. The van der Waals surface area contributed by atoms with E-state index in [1.54, 1.807) is 0 Å². The molecule has 2 aliphatic rings. The van der Waals surface area contributed by atoms with Crippen LogP contribution in [0.4, 0.5) is 0 Å². The Morgan fingerprint density at radius 2 is 2.36 bits per heavy atom. The first-order valence-corrected chi connectivity index (χ1v) is 4.12. The number of carbonyl (C=O) groups is 1. The Morgan fingerprint density at radius 3 is 3.00 bits per heavy atom. The van der Waals surface area contributed by atoms with Crippen molar-refractivity contribution in [2.75, 3.05) is 6.61 Å². The second-order valence-electron chi connectivity index (χ2n) is 3.14. The Balaban J connectivity index is 2.18. The molecule has 0 aromatic carbocycles. The number of ether oxygens (including phenoxy) is 1. The summed E-state index contributed by atoms with van der Waals surface area (Å²) in [6, 6.07) is 0. The van der Waals surface area contributed by atoms with Gasteiger partial charge in [0.05, 0.1) is 24.0 Å². The van der Waals surface area contributed by atoms with Gasteiger partial charge < -0.3 is 9.84 Å². The van der Waals surface area contributed by atoms with Crippen molar-refractivity contribution in [3.8, 4) is 0 Å². The van der Waals surface area contributed by atoms with Crippen molar-refractivity contribution >= 4 is 17.6 Å². The molecule has 2 rings (SSSR count). The summed E-state index contributed by atoms with van der Waals surface area (Å²) in [7, 11) is 0.